The molecule has 0 unspecified atom stereocenters. The number of likely N-dealkylation sites (tertiary alicyclic amines) is 1. The Morgan fingerprint density at radius 3 is 2.46 bits per heavy atom. The van der Waals surface area contributed by atoms with Crippen molar-refractivity contribution < 1.29 is 28.7 Å². The van der Waals surface area contributed by atoms with Crippen LogP contribution >= 0.6 is 11.8 Å². The van der Waals surface area contributed by atoms with Crippen LogP contribution < -0.4 is 0 Å². The lowest BCUT2D eigenvalue weighted by Crippen LogP contribution is -2.71. The number of rotatable bonds is 4. The molecule has 4 atom stereocenters. The Kier molecular flexibility index (Phi) is 5.56. The van der Waals surface area contributed by atoms with Crippen molar-refractivity contribution >= 4 is 43.0 Å². The van der Waals surface area contributed by atoms with Crippen LogP contribution in [-0.4, -0.2) is 59.1 Å². The van der Waals surface area contributed by atoms with Crippen LogP contribution in [-0.2, 0) is 23.6 Å². The normalized spacial score (nSPS) is 29.2. The van der Waals surface area contributed by atoms with Crippen molar-refractivity contribution in [3.63, 3.8) is 0 Å². The van der Waals surface area contributed by atoms with Crippen LogP contribution in [0.25, 0.3) is 0 Å². The highest BCUT2D eigenvalue weighted by atomic mass is 32.2. The van der Waals surface area contributed by atoms with Crippen molar-refractivity contribution in [3.05, 3.63) is 0 Å². The maximum atomic E-state index is 12.5. The molecule has 7 nitrogen and oxygen atoms in total. The van der Waals surface area contributed by atoms with E-state index in [9.17, 15) is 19.2 Å². The molecule has 0 radical (unpaired) electrons. The molecular weight excluding hydrogens is 350 g/mol. The average molecular weight is 374 g/mol. The SMILES string of the molecule is C[C@@H](O[Si](C)(C)C)[C@H]1C(=O)N(C(=O)C(=O)O)[C@@H]1[C@@H]1CCCSC1=O. The number of carbonyl (C=O) groups excluding carboxylic acids is 3. The van der Waals surface area contributed by atoms with Gasteiger partial charge in [-0.15, -0.1) is 0 Å². The maximum absolute atomic E-state index is 12.5. The minimum atomic E-state index is -1.92. The summed E-state index contributed by atoms with van der Waals surface area (Å²) in [6.07, 6.45) is 0.909. The van der Waals surface area contributed by atoms with E-state index >= 15 is 0 Å². The van der Waals surface area contributed by atoms with Crippen molar-refractivity contribution in [1.82, 2.24) is 4.90 Å². The van der Waals surface area contributed by atoms with Gasteiger partial charge in [0.1, 0.15) is 0 Å². The van der Waals surface area contributed by atoms with Crippen LogP contribution in [0.15, 0.2) is 0 Å². The second kappa shape index (κ2) is 6.97. The molecule has 2 aliphatic rings. The van der Waals surface area contributed by atoms with Gasteiger partial charge in [-0.05, 0) is 39.4 Å². The summed E-state index contributed by atoms with van der Waals surface area (Å²) < 4.78 is 5.97. The quantitative estimate of drug-likeness (QED) is 0.451. The lowest BCUT2D eigenvalue weighted by Gasteiger charge is -2.51. The number of aliphatic carboxylic acids is 1. The fraction of sp³-hybridized carbons (Fsp3) is 0.733. The van der Waals surface area contributed by atoms with Gasteiger partial charge in [-0.3, -0.25) is 19.3 Å². The summed E-state index contributed by atoms with van der Waals surface area (Å²) in [5.74, 6) is -3.93. The van der Waals surface area contributed by atoms with Gasteiger partial charge >= 0.3 is 11.9 Å². The van der Waals surface area contributed by atoms with Gasteiger partial charge < -0.3 is 9.53 Å². The fourth-order valence-corrected chi connectivity index (χ4v) is 5.67. The van der Waals surface area contributed by atoms with Crippen LogP contribution in [0, 0.1) is 11.8 Å². The molecule has 0 aromatic carbocycles. The molecule has 0 aromatic heterocycles. The highest BCUT2D eigenvalue weighted by Crippen LogP contribution is 2.42. The first-order valence-corrected chi connectivity index (χ1v) is 12.4. The molecule has 2 amide bonds. The Hall–Kier alpha value is -1.19. The first-order valence-electron chi connectivity index (χ1n) is 7.99. The molecule has 134 valence electrons. The molecule has 0 bridgehead atoms. The van der Waals surface area contributed by atoms with Gasteiger partial charge in [0.2, 0.25) is 5.91 Å². The summed E-state index contributed by atoms with van der Waals surface area (Å²) in [5, 5.41) is 8.89. The number of carboxylic acids is 1. The van der Waals surface area contributed by atoms with E-state index < -0.39 is 50.1 Å². The topological polar surface area (TPSA) is 101 Å². The molecule has 9 heteroatoms. The van der Waals surface area contributed by atoms with E-state index in [0.717, 1.165) is 11.3 Å². The third-order valence-electron chi connectivity index (χ3n) is 4.25. The molecule has 2 heterocycles. The number of hydrogen-bond acceptors (Lipinski definition) is 6. The lowest BCUT2D eigenvalue weighted by molar-refractivity contribution is -0.181. The number of imide groups is 1. The number of carboxylic acid groups (broad SMARTS) is 1. The molecule has 2 aliphatic heterocycles. The third kappa shape index (κ3) is 3.73. The predicted octanol–water partition coefficient (Wildman–Crippen LogP) is 1.33. The lowest BCUT2D eigenvalue weighted by atomic mass is 9.74. The molecule has 0 spiro atoms. The highest BCUT2D eigenvalue weighted by molar-refractivity contribution is 8.13. The Morgan fingerprint density at radius 1 is 1.33 bits per heavy atom. The fourth-order valence-electron chi connectivity index (χ4n) is 3.42. The minimum absolute atomic E-state index is 0.0767. The molecule has 24 heavy (non-hydrogen) atoms. The van der Waals surface area contributed by atoms with Crippen molar-refractivity contribution in [2.24, 2.45) is 11.8 Å². The second-order valence-corrected chi connectivity index (χ2v) is 12.7. The maximum Gasteiger partial charge on any atom is 0.395 e. The summed E-state index contributed by atoms with van der Waals surface area (Å²) in [4.78, 5) is 48.4. The minimum Gasteiger partial charge on any atom is -0.474 e. The largest absolute Gasteiger partial charge is 0.474 e. The van der Waals surface area contributed by atoms with Crippen molar-refractivity contribution in [3.8, 4) is 0 Å². The van der Waals surface area contributed by atoms with Gasteiger partial charge in [0.05, 0.1) is 24.0 Å². The first kappa shape index (κ1) is 19.1. The number of hydrogen-bond donors (Lipinski definition) is 1. The molecule has 2 rings (SSSR count). The molecule has 2 saturated heterocycles. The summed E-state index contributed by atoms with van der Waals surface area (Å²) >= 11 is 1.19. The van der Waals surface area contributed by atoms with Crippen LogP contribution in [0.3, 0.4) is 0 Å². The van der Waals surface area contributed by atoms with Gasteiger partial charge in [-0.25, -0.2) is 4.79 Å². The number of amides is 2. The number of nitrogens with zero attached hydrogens (tertiary/aromatic N) is 1. The van der Waals surface area contributed by atoms with Crippen LogP contribution in [0.5, 0.6) is 0 Å². The molecule has 0 saturated carbocycles. The smallest absolute Gasteiger partial charge is 0.395 e. The van der Waals surface area contributed by atoms with Gasteiger partial charge in [-0.2, -0.15) is 0 Å². The van der Waals surface area contributed by atoms with Crippen molar-refractivity contribution in [1.29, 1.82) is 0 Å². The number of β-lactam (4-membered cyclic amide) rings is 1. The average Bonchev–Trinajstić information content (AvgIpc) is 2.43. The van der Waals surface area contributed by atoms with Gasteiger partial charge in [0.25, 0.3) is 0 Å². The Balaban J connectivity index is 2.28. The van der Waals surface area contributed by atoms with Gasteiger partial charge in [0.15, 0.2) is 13.4 Å². The summed E-state index contributed by atoms with van der Waals surface area (Å²) in [5.41, 5.74) is 0. The molecule has 0 aromatic rings. The monoisotopic (exact) mass is 373 g/mol. The summed E-state index contributed by atoms with van der Waals surface area (Å²) in [7, 11) is -1.92. The van der Waals surface area contributed by atoms with Gasteiger partial charge in [-0.1, -0.05) is 11.8 Å². The Labute approximate surface area is 146 Å². The van der Waals surface area contributed by atoms with Crippen LogP contribution in [0.1, 0.15) is 19.8 Å². The van der Waals surface area contributed by atoms with E-state index in [0.29, 0.717) is 12.2 Å². The molecule has 2 fully saturated rings. The van der Waals surface area contributed by atoms with E-state index in [1.807, 2.05) is 19.6 Å². The second-order valence-electron chi connectivity index (χ2n) is 7.19. The first-order chi connectivity index (χ1) is 11.0. The van der Waals surface area contributed by atoms with E-state index in [4.69, 9.17) is 9.53 Å². The van der Waals surface area contributed by atoms with Gasteiger partial charge in [0, 0.05) is 5.75 Å². The number of carbonyl (C=O) groups is 4. The van der Waals surface area contributed by atoms with Crippen LogP contribution in [0.4, 0.5) is 0 Å². The summed E-state index contributed by atoms with van der Waals surface area (Å²) in [6.45, 7) is 7.73. The molecular formula is C15H23NO6SSi. The van der Waals surface area contributed by atoms with Crippen LogP contribution in [0.2, 0.25) is 19.6 Å². The third-order valence-corrected chi connectivity index (χ3v) is 6.41. The van der Waals surface area contributed by atoms with Crippen molar-refractivity contribution in [2.75, 3.05) is 5.75 Å². The van der Waals surface area contributed by atoms with E-state index in [1.165, 1.54) is 11.8 Å². The highest BCUT2D eigenvalue weighted by Gasteiger charge is 2.59. The van der Waals surface area contributed by atoms with E-state index in [-0.39, 0.29) is 5.12 Å². The zero-order valence-electron chi connectivity index (χ0n) is 14.3. The van der Waals surface area contributed by atoms with E-state index in [2.05, 4.69) is 0 Å². The zero-order chi connectivity index (χ0) is 18.2. The standard InChI is InChI=1S/C15H23NO6SSi/c1-8(22-24(2,3)4)10-11(9-6-5-7-23-15(9)21)16(12(10)17)13(18)14(19)20/h8-11H,5-7H2,1-4H3,(H,19,20)/t8-,9+,10-,11-/m1/s1. The molecule has 0 aliphatic carbocycles. The predicted molar refractivity (Wildman–Crippen MR) is 90.8 cm³/mol. The zero-order valence-corrected chi connectivity index (χ0v) is 16.1. The van der Waals surface area contributed by atoms with E-state index in [1.54, 1.807) is 6.92 Å². The number of thioether (sulfide) groups is 1. The molecule has 1 N–H and O–H groups in total. The Morgan fingerprint density at radius 2 is 1.96 bits per heavy atom. The van der Waals surface area contributed by atoms with Crippen molar-refractivity contribution in [2.45, 2.75) is 51.6 Å². The summed E-state index contributed by atoms with van der Waals surface area (Å²) in [6, 6.07) is -0.715. The Bertz CT molecular complexity index is 575.